The highest BCUT2D eigenvalue weighted by molar-refractivity contribution is 6.33. The van der Waals surface area contributed by atoms with Gasteiger partial charge in [-0.1, -0.05) is 25.4 Å². The van der Waals surface area contributed by atoms with E-state index in [1.807, 2.05) is 38.6 Å². The number of nitrogens with one attached hydrogen (secondary N) is 1. The lowest BCUT2D eigenvalue weighted by molar-refractivity contribution is 0.464. The normalized spacial score (nSPS) is 11.4. The van der Waals surface area contributed by atoms with E-state index in [0.717, 1.165) is 5.69 Å². The highest BCUT2D eigenvalue weighted by atomic mass is 35.5. The summed E-state index contributed by atoms with van der Waals surface area (Å²) in [6, 6.07) is 0.271. The number of aromatic nitrogens is 4. The summed E-state index contributed by atoms with van der Waals surface area (Å²) in [6.45, 7) is 8.67. The molecule has 2 heterocycles. The van der Waals surface area contributed by atoms with Gasteiger partial charge in [0.2, 0.25) is 0 Å². The van der Waals surface area contributed by atoms with Crippen LogP contribution in [0.25, 0.3) is 0 Å². The molecule has 0 atom stereocenters. The van der Waals surface area contributed by atoms with Crippen LogP contribution in [0.4, 0.5) is 11.4 Å². The van der Waals surface area contributed by atoms with E-state index in [2.05, 4.69) is 15.5 Å². The average molecular weight is 310 g/mol. The van der Waals surface area contributed by atoms with Crippen molar-refractivity contribution in [2.75, 3.05) is 5.32 Å². The molecule has 0 aliphatic heterocycles. The van der Waals surface area contributed by atoms with Crippen LogP contribution in [0.2, 0.25) is 5.02 Å². The summed E-state index contributed by atoms with van der Waals surface area (Å²) in [5.74, 6) is 0.328. The molecule has 0 saturated heterocycles. The molecule has 2 aromatic heterocycles. The summed E-state index contributed by atoms with van der Waals surface area (Å²) >= 11 is 6.14. The van der Waals surface area contributed by atoms with Crippen molar-refractivity contribution in [3.8, 4) is 0 Å². The molecule has 0 aliphatic carbocycles. The average Bonchev–Trinajstić information content (AvgIpc) is 2.87. The van der Waals surface area contributed by atoms with Gasteiger partial charge >= 0.3 is 0 Å². The van der Waals surface area contributed by atoms with Crippen LogP contribution < -0.4 is 10.9 Å². The zero-order chi connectivity index (χ0) is 15.6. The van der Waals surface area contributed by atoms with E-state index >= 15 is 0 Å². The van der Waals surface area contributed by atoms with Gasteiger partial charge in [-0.25, -0.2) is 4.68 Å². The molecule has 0 radical (unpaired) electrons. The number of rotatable bonds is 5. The topological polar surface area (TPSA) is 64.7 Å². The van der Waals surface area contributed by atoms with E-state index in [4.69, 9.17) is 11.6 Å². The lowest BCUT2D eigenvalue weighted by Crippen LogP contribution is -2.25. The quantitative estimate of drug-likeness (QED) is 0.922. The minimum absolute atomic E-state index is 0.142. The van der Waals surface area contributed by atoms with Crippen molar-refractivity contribution >= 4 is 23.0 Å². The number of nitrogens with zero attached hydrogens (tertiary/aromatic N) is 4. The molecule has 0 saturated carbocycles. The van der Waals surface area contributed by atoms with Gasteiger partial charge in [-0.05, 0) is 19.8 Å². The van der Waals surface area contributed by atoms with Crippen LogP contribution in [0, 0.1) is 5.92 Å². The SMILES string of the molecule is CC(C)Cn1ncc(Nc2cnn(C(C)C)c2)c(Cl)c1=O. The molecule has 0 spiro atoms. The number of anilines is 2. The Bertz CT molecular complexity index is 674. The van der Waals surface area contributed by atoms with Crippen molar-refractivity contribution < 1.29 is 0 Å². The predicted octanol–water partition coefficient (Wildman–Crippen LogP) is 3.07. The summed E-state index contributed by atoms with van der Waals surface area (Å²) in [4.78, 5) is 12.1. The first-order chi connectivity index (χ1) is 9.88. The summed E-state index contributed by atoms with van der Waals surface area (Å²) in [7, 11) is 0. The van der Waals surface area contributed by atoms with Crippen molar-refractivity contribution in [1.82, 2.24) is 19.6 Å². The Morgan fingerprint density at radius 1 is 1.24 bits per heavy atom. The van der Waals surface area contributed by atoms with Crippen molar-refractivity contribution in [3.05, 3.63) is 34.0 Å². The van der Waals surface area contributed by atoms with Crippen molar-refractivity contribution in [1.29, 1.82) is 0 Å². The Balaban J connectivity index is 2.24. The maximum Gasteiger partial charge on any atom is 0.287 e. The van der Waals surface area contributed by atoms with Crippen LogP contribution in [0.15, 0.2) is 23.4 Å². The lowest BCUT2D eigenvalue weighted by atomic mass is 10.2. The summed E-state index contributed by atoms with van der Waals surface area (Å²) in [6.07, 6.45) is 5.12. The molecule has 21 heavy (non-hydrogen) atoms. The van der Waals surface area contributed by atoms with Gasteiger partial charge in [0.05, 0.1) is 23.8 Å². The zero-order valence-corrected chi connectivity index (χ0v) is 13.4. The first-order valence-electron chi connectivity index (χ1n) is 6.95. The van der Waals surface area contributed by atoms with Gasteiger partial charge in [0.15, 0.2) is 0 Å². The van der Waals surface area contributed by atoms with E-state index in [-0.39, 0.29) is 16.6 Å². The molecule has 0 aliphatic rings. The van der Waals surface area contributed by atoms with Gasteiger partial charge < -0.3 is 5.32 Å². The minimum atomic E-state index is -0.286. The molecule has 0 amide bonds. The molecule has 7 heteroatoms. The van der Waals surface area contributed by atoms with Gasteiger partial charge in [0.1, 0.15) is 5.02 Å². The number of hydrogen-bond donors (Lipinski definition) is 1. The van der Waals surface area contributed by atoms with E-state index in [9.17, 15) is 4.79 Å². The summed E-state index contributed by atoms with van der Waals surface area (Å²) in [5.41, 5.74) is 0.977. The number of hydrogen-bond acceptors (Lipinski definition) is 4. The third-order valence-electron chi connectivity index (χ3n) is 2.93. The van der Waals surface area contributed by atoms with Crippen molar-refractivity contribution in [3.63, 3.8) is 0 Å². The van der Waals surface area contributed by atoms with E-state index < -0.39 is 0 Å². The molecule has 0 bridgehead atoms. The van der Waals surface area contributed by atoms with Crippen LogP contribution >= 0.6 is 11.6 Å². The van der Waals surface area contributed by atoms with E-state index in [0.29, 0.717) is 18.2 Å². The first-order valence-corrected chi connectivity index (χ1v) is 7.33. The zero-order valence-electron chi connectivity index (χ0n) is 12.7. The highest BCUT2D eigenvalue weighted by Crippen LogP contribution is 2.21. The van der Waals surface area contributed by atoms with Crippen LogP contribution in [-0.4, -0.2) is 19.6 Å². The fourth-order valence-corrected chi connectivity index (χ4v) is 2.06. The molecule has 114 valence electrons. The van der Waals surface area contributed by atoms with Crippen LogP contribution in [0.3, 0.4) is 0 Å². The van der Waals surface area contributed by atoms with Crippen LogP contribution in [0.1, 0.15) is 33.7 Å². The minimum Gasteiger partial charge on any atom is -0.350 e. The Labute approximate surface area is 128 Å². The predicted molar refractivity (Wildman–Crippen MR) is 84.2 cm³/mol. The molecule has 0 fully saturated rings. The maximum absolute atomic E-state index is 12.1. The van der Waals surface area contributed by atoms with Crippen LogP contribution in [-0.2, 0) is 6.54 Å². The second kappa shape index (κ2) is 6.30. The molecule has 0 aromatic carbocycles. The van der Waals surface area contributed by atoms with Crippen LogP contribution in [0.5, 0.6) is 0 Å². The van der Waals surface area contributed by atoms with Gasteiger partial charge in [-0.3, -0.25) is 9.48 Å². The molecular formula is C14H20ClN5O. The lowest BCUT2D eigenvalue weighted by Gasteiger charge is -2.10. The molecule has 2 rings (SSSR count). The monoisotopic (exact) mass is 309 g/mol. The fraction of sp³-hybridized carbons (Fsp3) is 0.500. The maximum atomic E-state index is 12.1. The second-order valence-corrected chi connectivity index (χ2v) is 6.06. The third-order valence-corrected chi connectivity index (χ3v) is 3.30. The van der Waals surface area contributed by atoms with Gasteiger partial charge in [-0.15, -0.1) is 0 Å². The standard InChI is InChI=1S/C14H20ClN5O/c1-9(2)7-20-14(21)13(15)12(6-17-20)18-11-5-16-19(8-11)10(3)4/h5-6,8-10,18H,7H2,1-4H3. The van der Waals surface area contributed by atoms with Crippen molar-refractivity contribution in [2.45, 2.75) is 40.3 Å². The molecule has 2 aromatic rings. The third kappa shape index (κ3) is 3.64. The Hall–Kier alpha value is -1.82. The molecule has 1 N–H and O–H groups in total. The largest absolute Gasteiger partial charge is 0.350 e. The summed E-state index contributed by atoms with van der Waals surface area (Å²) in [5, 5.41) is 11.6. The Kier molecular flexibility index (Phi) is 4.67. The van der Waals surface area contributed by atoms with Crippen molar-refractivity contribution in [2.24, 2.45) is 5.92 Å². The molecule has 6 nitrogen and oxygen atoms in total. The first kappa shape index (κ1) is 15.6. The summed E-state index contributed by atoms with van der Waals surface area (Å²) < 4.78 is 3.21. The second-order valence-electron chi connectivity index (χ2n) is 5.68. The number of halogens is 1. The Morgan fingerprint density at radius 3 is 2.52 bits per heavy atom. The molecular weight excluding hydrogens is 290 g/mol. The van der Waals surface area contributed by atoms with Gasteiger partial charge in [0, 0.05) is 18.8 Å². The fourth-order valence-electron chi connectivity index (χ4n) is 1.87. The van der Waals surface area contributed by atoms with Gasteiger partial charge in [-0.2, -0.15) is 10.2 Å². The highest BCUT2D eigenvalue weighted by Gasteiger charge is 2.11. The van der Waals surface area contributed by atoms with E-state index in [1.165, 1.54) is 4.68 Å². The smallest absolute Gasteiger partial charge is 0.287 e. The van der Waals surface area contributed by atoms with E-state index in [1.54, 1.807) is 12.4 Å². The van der Waals surface area contributed by atoms with Gasteiger partial charge in [0.25, 0.3) is 5.56 Å². The molecule has 0 unspecified atom stereocenters. The Morgan fingerprint density at radius 2 is 1.95 bits per heavy atom.